The number of rotatable bonds is 6. The van der Waals surface area contributed by atoms with E-state index in [9.17, 15) is 12.8 Å². The minimum Gasteiger partial charge on any atom is -0.494 e. The number of fused-ring (bicyclic) bond motifs is 1. The molecule has 1 aliphatic rings. The predicted molar refractivity (Wildman–Crippen MR) is 91.8 cm³/mol. The van der Waals surface area contributed by atoms with Gasteiger partial charge in [0.2, 0.25) is 10.0 Å². The molecule has 0 aromatic heterocycles. The van der Waals surface area contributed by atoms with Gasteiger partial charge >= 0.3 is 0 Å². The molecule has 1 N–H and O–H groups in total. The molecular formula is C18H20FNO4S. The first-order valence-electron chi connectivity index (χ1n) is 8.10. The fourth-order valence-electron chi connectivity index (χ4n) is 2.82. The van der Waals surface area contributed by atoms with Gasteiger partial charge in [-0.25, -0.2) is 17.5 Å². The molecule has 2 aromatic carbocycles. The van der Waals surface area contributed by atoms with E-state index in [2.05, 4.69) is 4.72 Å². The zero-order valence-electron chi connectivity index (χ0n) is 14.1. The van der Waals surface area contributed by atoms with E-state index >= 15 is 0 Å². The van der Waals surface area contributed by atoms with Gasteiger partial charge in [0.05, 0.1) is 6.61 Å². The Morgan fingerprint density at radius 3 is 2.80 bits per heavy atom. The van der Waals surface area contributed by atoms with Crippen LogP contribution in [0.15, 0.2) is 41.3 Å². The largest absolute Gasteiger partial charge is 0.494 e. The Labute approximate surface area is 146 Å². The first kappa shape index (κ1) is 17.7. The Kier molecular flexibility index (Phi) is 4.96. The highest BCUT2D eigenvalue weighted by molar-refractivity contribution is 7.89. The van der Waals surface area contributed by atoms with Crippen LogP contribution in [0.1, 0.15) is 25.0 Å². The fourth-order valence-corrected chi connectivity index (χ4v) is 3.91. The van der Waals surface area contributed by atoms with E-state index in [1.807, 2.05) is 19.9 Å². The molecule has 134 valence electrons. The SMILES string of the molecule is CCOc1cc2c(cc1CNS(=O)(=O)c1ccccc1F)O[C@H](C)C2. The highest BCUT2D eigenvalue weighted by atomic mass is 32.2. The molecule has 0 amide bonds. The number of nitrogens with one attached hydrogen (secondary N) is 1. The Balaban J connectivity index is 1.85. The van der Waals surface area contributed by atoms with E-state index in [4.69, 9.17) is 9.47 Å². The lowest BCUT2D eigenvalue weighted by Gasteiger charge is -2.14. The highest BCUT2D eigenvalue weighted by Gasteiger charge is 2.23. The van der Waals surface area contributed by atoms with Gasteiger partial charge in [0.25, 0.3) is 0 Å². The fraction of sp³-hybridized carbons (Fsp3) is 0.333. The van der Waals surface area contributed by atoms with Gasteiger partial charge in [-0.3, -0.25) is 0 Å². The van der Waals surface area contributed by atoms with Gasteiger partial charge in [-0.2, -0.15) is 0 Å². The van der Waals surface area contributed by atoms with Gasteiger partial charge in [-0.1, -0.05) is 12.1 Å². The third-order valence-electron chi connectivity index (χ3n) is 3.96. The summed E-state index contributed by atoms with van der Waals surface area (Å²) in [6.45, 7) is 4.28. The van der Waals surface area contributed by atoms with Crippen LogP contribution in [0, 0.1) is 5.82 Å². The normalized spacial score (nSPS) is 16.4. The van der Waals surface area contributed by atoms with E-state index < -0.39 is 15.8 Å². The molecule has 0 radical (unpaired) electrons. The lowest BCUT2D eigenvalue weighted by atomic mass is 10.1. The van der Waals surface area contributed by atoms with Gasteiger partial charge in [0.1, 0.15) is 28.3 Å². The van der Waals surface area contributed by atoms with Crippen molar-refractivity contribution in [3.05, 3.63) is 53.3 Å². The first-order chi connectivity index (χ1) is 11.9. The summed E-state index contributed by atoms with van der Waals surface area (Å²) < 4.78 is 52.3. The second-order valence-corrected chi connectivity index (χ2v) is 7.62. The summed E-state index contributed by atoms with van der Waals surface area (Å²) in [5.41, 5.74) is 1.69. The highest BCUT2D eigenvalue weighted by Crippen LogP contribution is 2.35. The molecule has 0 spiro atoms. The molecule has 1 aliphatic heterocycles. The van der Waals surface area contributed by atoms with Gasteiger partial charge < -0.3 is 9.47 Å². The third-order valence-corrected chi connectivity index (χ3v) is 5.39. The van der Waals surface area contributed by atoms with Crippen LogP contribution >= 0.6 is 0 Å². The lowest BCUT2D eigenvalue weighted by Crippen LogP contribution is -2.24. The Morgan fingerprint density at radius 1 is 1.32 bits per heavy atom. The Bertz CT molecular complexity index is 883. The maximum absolute atomic E-state index is 13.8. The average Bonchev–Trinajstić information content (AvgIpc) is 2.92. The first-order valence-corrected chi connectivity index (χ1v) is 9.58. The molecule has 2 aromatic rings. The van der Waals surface area contributed by atoms with Crippen molar-refractivity contribution in [1.29, 1.82) is 0 Å². The number of hydrogen-bond acceptors (Lipinski definition) is 4. The molecule has 0 unspecified atom stereocenters. The van der Waals surface area contributed by atoms with Crippen molar-refractivity contribution in [2.45, 2.75) is 37.8 Å². The molecule has 3 rings (SSSR count). The van der Waals surface area contributed by atoms with Crippen molar-refractivity contribution in [1.82, 2.24) is 4.72 Å². The Hall–Kier alpha value is -2.12. The van der Waals surface area contributed by atoms with Gasteiger partial charge in [0, 0.05) is 24.1 Å². The number of ether oxygens (including phenoxy) is 2. The topological polar surface area (TPSA) is 64.6 Å². The third kappa shape index (κ3) is 3.77. The van der Waals surface area contributed by atoms with Crippen molar-refractivity contribution in [2.24, 2.45) is 0 Å². The molecule has 0 saturated carbocycles. The molecule has 7 heteroatoms. The lowest BCUT2D eigenvalue weighted by molar-refractivity contribution is 0.254. The average molecular weight is 365 g/mol. The Morgan fingerprint density at radius 2 is 2.08 bits per heavy atom. The van der Waals surface area contributed by atoms with E-state index in [1.165, 1.54) is 18.2 Å². The van der Waals surface area contributed by atoms with Gasteiger partial charge in [0.15, 0.2) is 0 Å². The molecule has 25 heavy (non-hydrogen) atoms. The monoisotopic (exact) mass is 365 g/mol. The van der Waals surface area contributed by atoms with Crippen LogP contribution in [0.5, 0.6) is 11.5 Å². The van der Waals surface area contributed by atoms with Crippen LogP contribution in [-0.2, 0) is 23.0 Å². The van der Waals surface area contributed by atoms with Gasteiger partial charge in [-0.15, -0.1) is 0 Å². The summed E-state index contributed by atoms with van der Waals surface area (Å²) in [5, 5.41) is 0. The molecule has 0 fully saturated rings. The molecule has 1 heterocycles. The van der Waals surface area contributed by atoms with Crippen molar-refractivity contribution in [3.63, 3.8) is 0 Å². The summed E-state index contributed by atoms with van der Waals surface area (Å²) in [6, 6.07) is 8.94. The zero-order chi connectivity index (χ0) is 18.0. The van der Waals surface area contributed by atoms with Crippen molar-refractivity contribution < 1.29 is 22.3 Å². The minimum atomic E-state index is -3.97. The minimum absolute atomic E-state index is 0.0168. The molecule has 1 atom stereocenters. The standard InChI is InChI=1S/C18H20FNO4S/c1-3-23-16-9-13-8-12(2)24-17(13)10-14(16)11-20-25(21,22)18-7-5-4-6-15(18)19/h4-7,9-10,12,20H,3,8,11H2,1-2H3/t12-/m1/s1. The van der Waals surface area contributed by atoms with Crippen molar-refractivity contribution in [2.75, 3.05) is 6.61 Å². The number of sulfonamides is 1. The van der Waals surface area contributed by atoms with Crippen molar-refractivity contribution >= 4 is 10.0 Å². The van der Waals surface area contributed by atoms with E-state index in [0.29, 0.717) is 17.9 Å². The quantitative estimate of drug-likeness (QED) is 0.855. The van der Waals surface area contributed by atoms with Crippen molar-refractivity contribution in [3.8, 4) is 11.5 Å². The van der Waals surface area contributed by atoms with Crippen LogP contribution in [-0.4, -0.2) is 21.1 Å². The number of halogens is 1. The van der Waals surface area contributed by atoms with Crippen LogP contribution in [0.2, 0.25) is 0 Å². The van der Waals surface area contributed by atoms with E-state index in [0.717, 1.165) is 23.8 Å². The molecule has 5 nitrogen and oxygen atoms in total. The maximum Gasteiger partial charge on any atom is 0.243 e. The number of hydrogen-bond donors (Lipinski definition) is 1. The van der Waals surface area contributed by atoms with E-state index in [-0.39, 0.29) is 17.5 Å². The van der Waals surface area contributed by atoms with Crippen LogP contribution < -0.4 is 14.2 Å². The second kappa shape index (κ2) is 7.01. The number of benzene rings is 2. The molecule has 0 saturated heterocycles. The molecular weight excluding hydrogens is 345 g/mol. The van der Waals surface area contributed by atoms with Crippen LogP contribution in [0.4, 0.5) is 4.39 Å². The maximum atomic E-state index is 13.8. The van der Waals surface area contributed by atoms with Crippen LogP contribution in [0.25, 0.3) is 0 Å². The van der Waals surface area contributed by atoms with Crippen LogP contribution in [0.3, 0.4) is 0 Å². The summed E-state index contributed by atoms with van der Waals surface area (Å²) in [6.07, 6.45) is 0.867. The second-order valence-electron chi connectivity index (χ2n) is 5.89. The summed E-state index contributed by atoms with van der Waals surface area (Å²) in [7, 11) is -3.97. The molecule has 0 bridgehead atoms. The predicted octanol–water partition coefficient (Wildman–Crippen LogP) is 3.03. The molecule has 0 aliphatic carbocycles. The smallest absolute Gasteiger partial charge is 0.243 e. The summed E-state index contributed by atoms with van der Waals surface area (Å²) in [5.74, 6) is 0.553. The summed E-state index contributed by atoms with van der Waals surface area (Å²) >= 11 is 0. The van der Waals surface area contributed by atoms with Gasteiger partial charge in [-0.05, 0) is 38.1 Å². The van der Waals surface area contributed by atoms with E-state index in [1.54, 1.807) is 6.07 Å². The zero-order valence-corrected chi connectivity index (χ0v) is 14.9. The summed E-state index contributed by atoms with van der Waals surface area (Å²) in [4.78, 5) is -0.376.